The van der Waals surface area contributed by atoms with Crippen molar-refractivity contribution in [1.82, 2.24) is 0 Å². The SMILES string of the molecule is CCc1ccc(NC2=C(c3ccc(C)cc3C)C(=O)N(c3ccc(C)c(C)c3)C2=O)cc1. The average Bonchev–Trinajstić information content (AvgIpc) is 3.00. The number of carbonyl (C=O) groups excluding carboxylic acids is 2. The standard InChI is InChI=1S/C28H28N2O2/c1-6-21-9-11-22(12-10-21)29-26-25(24-14-7-17(2)15-20(24)5)27(31)30(28(26)32)23-13-8-18(3)19(4)16-23/h7-16,29H,6H2,1-5H3. The number of rotatable bonds is 5. The predicted octanol–water partition coefficient (Wildman–Crippen LogP) is 5.88. The van der Waals surface area contributed by atoms with Crippen molar-refractivity contribution < 1.29 is 9.59 Å². The van der Waals surface area contributed by atoms with Crippen LogP contribution in [0.5, 0.6) is 0 Å². The van der Waals surface area contributed by atoms with Crippen molar-refractivity contribution in [3.05, 3.63) is 99.7 Å². The van der Waals surface area contributed by atoms with Gasteiger partial charge in [0.05, 0.1) is 11.3 Å². The van der Waals surface area contributed by atoms with Gasteiger partial charge in [-0.3, -0.25) is 9.59 Å². The second-order valence-electron chi connectivity index (χ2n) is 8.46. The largest absolute Gasteiger partial charge is 0.350 e. The van der Waals surface area contributed by atoms with E-state index in [2.05, 4.69) is 12.2 Å². The van der Waals surface area contributed by atoms with E-state index in [0.717, 1.165) is 39.9 Å². The fourth-order valence-electron chi connectivity index (χ4n) is 4.06. The number of hydrogen-bond donors (Lipinski definition) is 1. The van der Waals surface area contributed by atoms with Crippen molar-refractivity contribution in [2.24, 2.45) is 0 Å². The molecule has 1 aliphatic rings. The van der Waals surface area contributed by atoms with Crippen LogP contribution in [0.4, 0.5) is 11.4 Å². The Labute approximate surface area is 189 Å². The molecule has 0 bridgehead atoms. The van der Waals surface area contributed by atoms with Crippen molar-refractivity contribution in [3.8, 4) is 0 Å². The van der Waals surface area contributed by atoms with Crippen LogP contribution in [0.1, 0.15) is 40.3 Å². The van der Waals surface area contributed by atoms with Gasteiger partial charge in [-0.15, -0.1) is 0 Å². The van der Waals surface area contributed by atoms with E-state index >= 15 is 0 Å². The Morgan fingerprint density at radius 3 is 2.09 bits per heavy atom. The summed E-state index contributed by atoms with van der Waals surface area (Å²) in [5.74, 6) is -0.648. The Morgan fingerprint density at radius 1 is 0.750 bits per heavy atom. The van der Waals surface area contributed by atoms with Gasteiger partial charge < -0.3 is 5.32 Å². The van der Waals surface area contributed by atoms with E-state index < -0.39 is 0 Å². The molecule has 32 heavy (non-hydrogen) atoms. The van der Waals surface area contributed by atoms with Crippen molar-refractivity contribution >= 4 is 28.8 Å². The lowest BCUT2D eigenvalue weighted by atomic mass is 9.97. The first kappa shape index (κ1) is 21.6. The molecule has 0 radical (unpaired) electrons. The third kappa shape index (κ3) is 3.84. The molecule has 0 saturated carbocycles. The Hall–Kier alpha value is -3.66. The molecule has 0 spiro atoms. The van der Waals surface area contributed by atoms with Gasteiger partial charge in [-0.25, -0.2) is 4.90 Å². The molecule has 0 atom stereocenters. The zero-order valence-corrected chi connectivity index (χ0v) is 19.2. The van der Waals surface area contributed by atoms with Gasteiger partial charge in [0.15, 0.2) is 0 Å². The van der Waals surface area contributed by atoms with Gasteiger partial charge in [0.2, 0.25) is 0 Å². The minimum Gasteiger partial charge on any atom is -0.350 e. The van der Waals surface area contributed by atoms with E-state index in [1.54, 1.807) is 0 Å². The van der Waals surface area contributed by atoms with Gasteiger partial charge in [-0.2, -0.15) is 0 Å². The summed E-state index contributed by atoms with van der Waals surface area (Å²) in [5, 5.41) is 3.26. The number of aryl methyl sites for hydroxylation is 5. The molecule has 0 unspecified atom stereocenters. The molecule has 1 N–H and O–H groups in total. The highest BCUT2D eigenvalue weighted by Crippen LogP contribution is 2.35. The first-order valence-corrected chi connectivity index (χ1v) is 10.9. The van der Waals surface area contributed by atoms with Gasteiger partial charge in [0.25, 0.3) is 11.8 Å². The lowest BCUT2D eigenvalue weighted by Crippen LogP contribution is -2.32. The van der Waals surface area contributed by atoms with Crippen LogP contribution in [-0.4, -0.2) is 11.8 Å². The van der Waals surface area contributed by atoms with E-state index in [1.165, 1.54) is 10.5 Å². The summed E-state index contributed by atoms with van der Waals surface area (Å²) in [6, 6.07) is 19.5. The monoisotopic (exact) mass is 424 g/mol. The quantitative estimate of drug-likeness (QED) is 0.521. The van der Waals surface area contributed by atoms with Gasteiger partial charge in [-0.05, 0) is 86.2 Å². The Balaban J connectivity index is 1.83. The highest BCUT2D eigenvalue weighted by Gasteiger charge is 2.40. The van der Waals surface area contributed by atoms with E-state index in [-0.39, 0.29) is 11.8 Å². The van der Waals surface area contributed by atoms with Crippen LogP contribution < -0.4 is 10.2 Å². The maximum atomic E-state index is 13.7. The van der Waals surface area contributed by atoms with Crippen LogP contribution in [0.2, 0.25) is 0 Å². The first-order valence-electron chi connectivity index (χ1n) is 10.9. The topological polar surface area (TPSA) is 49.4 Å². The van der Waals surface area contributed by atoms with E-state index in [1.807, 2.05) is 88.4 Å². The Bertz CT molecular complexity index is 1250. The van der Waals surface area contributed by atoms with Crippen LogP contribution in [0.3, 0.4) is 0 Å². The van der Waals surface area contributed by atoms with Crippen LogP contribution >= 0.6 is 0 Å². The lowest BCUT2D eigenvalue weighted by molar-refractivity contribution is -0.120. The maximum Gasteiger partial charge on any atom is 0.282 e. The molecule has 3 aromatic carbocycles. The van der Waals surface area contributed by atoms with Crippen molar-refractivity contribution in [2.45, 2.75) is 41.0 Å². The fraction of sp³-hybridized carbons (Fsp3) is 0.214. The smallest absolute Gasteiger partial charge is 0.282 e. The lowest BCUT2D eigenvalue weighted by Gasteiger charge is -2.17. The van der Waals surface area contributed by atoms with Gasteiger partial charge >= 0.3 is 0 Å². The van der Waals surface area contributed by atoms with Gasteiger partial charge in [0.1, 0.15) is 5.70 Å². The highest BCUT2D eigenvalue weighted by atomic mass is 16.2. The molecular formula is C28H28N2O2. The number of anilines is 2. The van der Waals surface area contributed by atoms with Crippen LogP contribution in [0.25, 0.3) is 5.57 Å². The molecule has 3 aromatic rings. The molecule has 2 amide bonds. The van der Waals surface area contributed by atoms with Crippen molar-refractivity contribution in [2.75, 3.05) is 10.2 Å². The van der Waals surface area contributed by atoms with Crippen molar-refractivity contribution in [3.63, 3.8) is 0 Å². The number of nitrogens with zero attached hydrogens (tertiary/aromatic N) is 1. The molecular weight excluding hydrogens is 396 g/mol. The number of carbonyl (C=O) groups is 2. The third-order valence-electron chi connectivity index (χ3n) is 6.12. The van der Waals surface area contributed by atoms with Crippen LogP contribution in [0.15, 0.2) is 66.4 Å². The number of benzene rings is 3. The summed E-state index contributed by atoms with van der Waals surface area (Å²) in [7, 11) is 0. The van der Waals surface area contributed by atoms with Crippen molar-refractivity contribution in [1.29, 1.82) is 0 Å². The number of imide groups is 1. The normalized spacial score (nSPS) is 13.8. The molecule has 4 heteroatoms. The van der Waals surface area contributed by atoms with Gasteiger partial charge in [0, 0.05) is 5.69 Å². The fourth-order valence-corrected chi connectivity index (χ4v) is 4.06. The molecule has 4 nitrogen and oxygen atoms in total. The zero-order chi connectivity index (χ0) is 23.0. The summed E-state index contributed by atoms with van der Waals surface area (Å²) < 4.78 is 0. The summed E-state index contributed by atoms with van der Waals surface area (Å²) in [4.78, 5) is 28.5. The number of nitrogens with one attached hydrogen (secondary N) is 1. The number of hydrogen-bond acceptors (Lipinski definition) is 3. The predicted molar refractivity (Wildman–Crippen MR) is 131 cm³/mol. The molecule has 0 fully saturated rings. The summed E-state index contributed by atoms with van der Waals surface area (Å²) in [5.41, 5.74) is 8.29. The van der Waals surface area contributed by atoms with E-state index in [0.29, 0.717) is 17.0 Å². The first-order chi connectivity index (χ1) is 15.3. The molecule has 1 aliphatic heterocycles. The highest BCUT2D eigenvalue weighted by molar-refractivity contribution is 6.46. The second-order valence-corrected chi connectivity index (χ2v) is 8.46. The average molecular weight is 425 g/mol. The van der Waals surface area contributed by atoms with Crippen LogP contribution in [-0.2, 0) is 16.0 Å². The third-order valence-corrected chi connectivity index (χ3v) is 6.12. The molecule has 1 heterocycles. The maximum absolute atomic E-state index is 13.7. The molecule has 0 aliphatic carbocycles. The summed E-state index contributed by atoms with van der Waals surface area (Å²) >= 11 is 0. The number of amides is 2. The zero-order valence-electron chi connectivity index (χ0n) is 19.2. The summed E-state index contributed by atoms with van der Waals surface area (Å²) in [6.07, 6.45) is 0.939. The molecule has 0 aromatic heterocycles. The minimum absolute atomic E-state index is 0.308. The Morgan fingerprint density at radius 2 is 1.47 bits per heavy atom. The molecule has 162 valence electrons. The minimum atomic E-state index is -0.340. The van der Waals surface area contributed by atoms with E-state index in [4.69, 9.17) is 0 Å². The van der Waals surface area contributed by atoms with Crippen LogP contribution in [0, 0.1) is 27.7 Å². The second kappa shape index (κ2) is 8.46. The summed E-state index contributed by atoms with van der Waals surface area (Å²) in [6.45, 7) is 10.1. The molecule has 4 rings (SSSR count). The van der Waals surface area contributed by atoms with Gasteiger partial charge in [-0.1, -0.05) is 48.9 Å². The molecule has 0 saturated heterocycles. The Kier molecular flexibility index (Phi) is 5.70. The van der Waals surface area contributed by atoms with E-state index in [9.17, 15) is 9.59 Å².